The van der Waals surface area contributed by atoms with Gasteiger partial charge in [0.05, 0.1) is 12.0 Å². The number of fused-ring (bicyclic) bond motifs is 2. The van der Waals surface area contributed by atoms with Crippen molar-refractivity contribution < 1.29 is 4.42 Å². The van der Waals surface area contributed by atoms with Crippen LogP contribution in [0.2, 0.25) is 0 Å². The number of nitrogens with zero attached hydrogens (tertiary/aromatic N) is 5. The van der Waals surface area contributed by atoms with Crippen LogP contribution in [-0.4, -0.2) is 22.0 Å². The molecule has 1 unspecified atom stereocenters. The lowest BCUT2D eigenvalue weighted by Gasteiger charge is -2.27. The Labute approximate surface area is 209 Å². The smallest absolute Gasteiger partial charge is 0.227 e. The van der Waals surface area contributed by atoms with Gasteiger partial charge in [-0.15, -0.1) is 0 Å². The minimum Gasteiger partial charge on any atom is -0.436 e. The number of oxazole rings is 1. The van der Waals surface area contributed by atoms with E-state index in [1.807, 2.05) is 54.7 Å². The minimum absolute atomic E-state index is 0.0517. The lowest BCUT2D eigenvalue weighted by molar-refractivity contribution is 0.555. The van der Waals surface area contributed by atoms with Gasteiger partial charge in [0, 0.05) is 65.7 Å². The monoisotopic (exact) mass is 472 g/mol. The Kier molecular flexibility index (Phi) is 5.55. The summed E-state index contributed by atoms with van der Waals surface area (Å²) in [5.41, 5.74) is 8.75. The molecule has 1 atom stereocenters. The Morgan fingerprint density at radius 1 is 1.00 bits per heavy atom. The van der Waals surface area contributed by atoms with Crippen LogP contribution in [0.25, 0.3) is 22.6 Å². The zero-order valence-electron chi connectivity index (χ0n) is 19.8. The van der Waals surface area contributed by atoms with Crippen LogP contribution >= 0.6 is 0 Å². The average Bonchev–Trinajstić information content (AvgIpc) is 3.36. The molecule has 0 amide bonds. The molecule has 0 spiro atoms. The van der Waals surface area contributed by atoms with Crippen LogP contribution in [-0.2, 0) is 12.8 Å². The summed E-state index contributed by atoms with van der Waals surface area (Å²) in [5.74, 6) is 0.634. The Balaban J connectivity index is 1.24. The Bertz CT molecular complexity index is 1570. The molecule has 0 bridgehead atoms. The fourth-order valence-electron chi connectivity index (χ4n) is 4.74. The van der Waals surface area contributed by atoms with E-state index in [-0.39, 0.29) is 5.92 Å². The van der Waals surface area contributed by atoms with Crippen molar-refractivity contribution in [3.63, 3.8) is 0 Å². The van der Waals surface area contributed by atoms with E-state index >= 15 is 0 Å². The molecule has 0 aliphatic heterocycles. The highest BCUT2D eigenvalue weighted by Gasteiger charge is 2.23. The molecule has 1 aliphatic carbocycles. The summed E-state index contributed by atoms with van der Waals surface area (Å²) in [4.78, 5) is 15.5. The van der Waals surface area contributed by atoms with E-state index in [4.69, 9.17) is 4.42 Å². The third-order valence-corrected chi connectivity index (χ3v) is 6.70. The first-order chi connectivity index (χ1) is 17.7. The van der Waals surface area contributed by atoms with Gasteiger partial charge in [-0.2, -0.15) is 5.26 Å². The number of pyridine rings is 2. The van der Waals surface area contributed by atoms with Crippen molar-refractivity contribution in [2.75, 3.05) is 17.3 Å². The SMILES string of the molecule is CN(c1ccc(-c2nc3ccc(Nc4ccncc4)cc3o2)cc1)c1ccnc2c1CC(C#N)CC2. The fourth-order valence-corrected chi connectivity index (χ4v) is 4.74. The minimum atomic E-state index is 0.0517. The van der Waals surface area contributed by atoms with E-state index in [2.05, 4.69) is 50.4 Å². The number of nitriles is 1. The number of aryl methyl sites for hydroxylation is 1. The van der Waals surface area contributed by atoms with Crippen LogP contribution < -0.4 is 10.2 Å². The van der Waals surface area contributed by atoms with E-state index in [0.29, 0.717) is 5.89 Å². The molecule has 3 aromatic heterocycles. The van der Waals surface area contributed by atoms with Gasteiger partial charge in [0.2, 0.25) is 5.89 Å². The number of hydrogen-bond donors (Lipinski definition) is 1. The summed E-state index contributed by atoms with van der Waals surface area (Å²) < 4.78 is 6.10. The molecule has 3 heterocycles. The predicted octanol–water partition coefficient (Wildman–Crippen LogP) is 6.42. The molecule has 36 heavy (non-hydrogen) atoms. The average molecular weight is 473 g/mol. The second-order valence-electron chi connectivity index (χ2n) is 8.99. The highest BCUT2D eigenvalue weighted by Crippen LogP contribution is 2.35. The normalized spacial score (nSPS) is 14.7. The van der Waals surface area contributed by atoms with Crippen LogP contribution in [0.15, 0.2) is 83.7 Å². The second-order valence-corrected chi connectivity index (χ2v) is 8.99. The van der Waals surface area contributed by atoms with Crippen LogP contribution in [0, 0.1) is 17.2 Å². The molecular weight excluding hydrogens is 448 g/mol. The molecule has 5 aromatic rings. The van der Waals surface area contributed by atoms with Crippen LogP contribution in [0.3, 0.4) is 0 Å². The summed E-state index contributed by atoms with van der Waals surface area (Å²) >= 11 is 0. The highest BCUT2D eigenvalue weighted by atomic mass is 16.3. The van der Waals surface area contributed by atoms with Crippen LogP contribution in [0.1, 0.15) is 17.7 Å². The van der Waals surface area contributed by atoms with Crippen molar-refractivity contribution in [1.29, 1.82) is 5.26 Å². The maximum atomic E-state index is 9.43. The fraction of sp³-hybridized carbons (Fsp3) is 0.172. The third-order valence-electron chi connectivity index (χ3n) is 6.70. The molecule has 1 N–H and O–H groups in total. The Hall–Kier alpha value is -4.70. The van der Waals surface area contributed by atoms with Crippen molar-refractivity contribution in [2.45, 2.75) is 19.3 Å². The number of hydrogen-bond acceptors (Lipinski definition) is 7. The highest BCUT2D eigenvalue weighted by molar-refractivity contribution is 5.81. The van der Waals surface area contributed by atoms with Gasteiger partial charge in [0.15, 0.2) is 5.58 Å². The van der Waals surface area contributed by atoms with Crippen molar-refractivity contribution >= 4 is 33.8 Å². The van der Waals surface area contributed by atoms with E-state index in [9.17, 15) is 5.26 Å². The predicted molar refractivity (Wildman–Crippen MR) is 140 cm³/mol. The molecule has 0 radical (unpaired) electrons. The lowest BCUT2D eigenvalue weighted by atomic mass is 9.86. The topological polar surface area (TPSA) is 90.9 Å². The van der Waals surface area contributed by atoms with Crippen molar-refractivity contribution in [2.24, 2.45) is 5.92 Å². The maximum Gasteiger partial charge on any atom is 0.227 e. The summed E-state index contributed by atoms with van der Waals surface area (Å²) in [6, 6.07) is 22.4. The molecule has 0 saturated carbocycles. The summed E-state index contributed by atoms with van der Waals surface area (Å²) in [6.07, 6.45) is 7.85. The molecule has 7 nitrogen and oxygen atoms in total. The van der Waals surface area contributed by atoms with Crippen molar-refractivity contribution in [3.05, 3.63) is 90.5 Å². The van der Waals surface area contributed by atoms with Gasteiger partial charge in [0.1, 0.15) is 5.52 Å². The number of anilines is 4. The number of aromatic nitrogens is 3. The van der Waals surface area contributed by atoms with Gasteiger partial charge >= 0.3 is 0 Å². The van der Waals surface area contributed by atoms with Gasteiger partial charge in [-0.3, -0.25) is 9.97 Å². The molecule has 7 heteroatoms. The van der Waals surface area contributed by atoms with Gasteiger partial charge in [-0.1, -0.05) is 0 Å². The van der Waals surface area contributed by atoms with Gasteiger partial charge < -0.3 is 14.6 Å². The zero-order valence-corrected chi connectivity index (χ0v) is 19.8. The molecule has 176 valence electrons. The second kappa shape index (κ2) is 9.16. The number of nitrogens with one attached hydrogen (secondary N) is 1. The van der Waals surface area contributed by atoms with Crippen molar-refractivity contribution in [1.82, 2.24) is 15.0 Å². The number of rotatable bonds is 5. The van der Waals surface area contributed by atoms with Gasteiger partial charge in [-0.25, -0.2) is 4.98 Å². The summed E-state index contributed by atoms with van der Waals surface area (Å²) in [6.45, 7) is 0. The summed E-state index contributed by atoms with van der Waals surface area (Å²) in [5, 5.41) is 12.8. The first-order valence-corrected chi connectivity index (χ1v) is 12.0. The quantitative estimate of drug-likeness (QED) is 0.315. The lowest BCUT2D eigenvalue weighted by Crippen LogP contribution is -2.19. The first-order valence-electron chi connectivity index (χ1n) is 12.0. The van der Waals surface area contributed by atoms with E-state index < -0.39 is 0 Å². The maximum absolute atomic E-state index is 9.43. The standard InChI is InChI=1S/C29H24N6O/c1-35(27-12-15-32-25-8-2-19(18-30)16-24(25)27)23-6-3-20(4-7-23)29-34-26-9-5-22(17-28(26)36-29)33-21-10-13-31-14-11-21/h3-7,9-15,17,19H,2,8,16H2,1H3,(H,31,33). The zero-order chi connectivity index (χ0) is 24.5. The Morgan fingerprint density at radius 3 is 2.64 bits per heavy atom. The molecule has 0 fully saturated rings. The molecule has 1 aliphatic rings. The van der Waals surface area contributed by atoms with Crippen LogP contribution in [0.4, 0.5) is 22.7 Å². The van der Waals surface area contributed by atoms with Gasteiger partial charge in [-0.05, 0) is 79.4 Å². The van der Waals surface area contributed by atoms with Gasteiger partial charge in [0.25, 0.3) is 0 Å². The van der Waals surface area contributed by atoms with Crippen molar-refractivity contribution in [3.8, 4) is 17.5 Å². The summed E-state index contributed by atoms with van der Waals surface area (Å²) in [7, 11) is 2.05. The molecular formula is C29H24N6O. The van der Waals surface area contributed by atoms with Crippen LogP contribution in [0.5, 0.6) is 0 Å². The van der Waals surface area contributed by atoms with E-state index in [1.54, 1.807) is 12.4 Å². The number of benzene rings is 2. The largest absolute Gasteiger partial charge is 0.436 e. The van der Waals surface area contributed by atoms with E-state index in [0.717, 1.165) is 64.4 Å². The third kappa shape index (κ3) is 4.14. The molecule has 0 saturated heterocycles. The first kappa shape index (κ1) is 21.8. The molecule has 6 rings (SSSR count). The molecule has 2 aromatic carbocycles. The Morgan fingerprint density at radius 2 is 1.83 bits per heavy atom. The van der Waals surface area contributed by atoms with E-state index in [1.165, 1.54) is 5.56 Å².